The molecule has 0 unspecified atom stereocenters. The van der Waals surface area contributed by atoms with E-state index in [0.29, 0.717) is 12.1 Å². The van der Waals surface area contributed by atoms with E-state index < -0.39 is 0 Å². The van der Waals surface area contributed by atoms with Crippen molar-refractivity contribution in [1.82, 2.24) is 10.3 Å². The summed E-state index contributed by atoms with van der Waals surface area (Å²) < 4.78 is 12.9. The second-order valence-electron chi connectivity index (χ2n) is 6.25. The molecule has 0 fully saturated rings. The van der Waals surface area contributed by atoms with Crippen molar-refractivity contribution in [2.75, 3.05) is 0 Å². The molecule has 1 aliphatic carbocycles. The van der Waals surface area contributed by atoms with Crippen LogP contribution in [0.3, 0.4) is 0 Å². The first-order chi connectivity index (χ1) is 12.1. The molecule has 126 valence electrons. The van der Waals surface area contributed by atoms with Crippen LogP contribution in [0.4, 0.5) is 4.39 Å². The summed E-state index contributed by atoms with van der Waals surface area (Å²) in [5.41, 5.74) is 4.31. The Balaban J connectivity index is 1.57. The monoisotopic (exact) mass is 354 g/mol. The van der Waals surface area contributed by atoms with E-state index in [1.807, 2.05) is 6.07 Å². The van der Waals surface area contributed by atoms with E-state index in [9.17, 15) is 9.18 Å². The smallest absolute Gasteiger partial charge is 0.251 e. The van der Waals surface area contributed by atoms with Crippen molar-refractivity contribution in [2.24, 2.45) is 0 Å². The van der Waals surface area contributed by atoms with Crippen LogP contribution in [0.2, 0.25) is 5.02 Å². The van der Waals surface area contributed by atoms with Gasteiger partial charge in [0.15, 0.2) is 0 Å². The predicted octanol–water partition coefficient (Wildman–Crippen LogP) is 4.45. The summed E-state index contributed by atoms with van der Waals surface area (Å²) in [6, 6.07) is 11.5. The molecule has 3 nitrogen and oxygen atoms in total. The number of rotatable bonds is 3. The van der Waals surface area contributed by atoms with Gasteiger partial charge in [-0.2, -0.15) is 0 Å². The highest BCUT2D eigenvalue weighted by Crippen LogP contribution is 2.33. The summed E-state index contributed by atoms with van der Waals surface area (Å²) in [7, 11) is 0. The Morgan fingerprint density at radius 3 is 2.76 bits per heavy atom. The molecule has 0 bridgehead atoms. The fourth-order valence-corrected chi connectivity index (χ4v) is 3.60. The first-order valence-corrected chi connectivity index (χ1v) is 8.63. The molecule has 1 amide bonds. The summed E-state index contributed by atoms with van der Waals surface area (Å²) in [5, 5.41) is 4.49. The molecular weight excluding hydrogens is 339 g/mol. The third-order valence-corrected chi connectivity index (χ3v) is 5.00. The zero-order chi connectivity index (χ0) is 17.4. The van der Waals surface area contributed by atoms with E-state index in [1.165, 1.54) is 12.1 Å². The lowest BCUT2D eigenvalue weighted by Crippen LogP contribution is -2.22. The van der Waals surface area contributed by atoms with Crippen LogP contribution in [0.15, 0.2) is 42.5 Å². The number of pyridine rings is 1. The van der Waals surface area contributed by atoms with Crippen molar-refractivity contribution in [3.63, 3.8) is 0 Å². The van der Waals surface area contributed by atoms with Crippen LogP contribution < -0.4 is 5.32 Å². The predicted molar refractivity (Wildman–Crippen MR) is 96.3 cm³/mol. The Bertz CT molecular complexity index is 970. The number of fused-ring (bicyclic) bond motifs is 2. The minimum absolute atomic E-state index is 0.190. The molecule has 5 heteroatoms. The minimum Gasteiger partial charge on any atom is -0.348 e. The zero-order valence-corrected chi connectivity index (χ0v) is 14.2. The molecule has 0 aliphatic heterocycles. The van der Waals surface area contributed by atoms with E-state index >= 15 is 0 Å². The summed E-state index contributed by atoms with van der Waals surface area (Å²) in [6.07, 6.45) is 2.98. The number of amides is 1. The van der Waals surface area contributed by atoms with Crippen LogP contribution in [0.25, 0.3) is 10.9 Å². The second kappa shape index (κ2) is 6.45. The molecular formula is C20H16ClFN2O. The van der Waals surface area contributed by atoms with Crippen LogP contribution in [-0.4, -0.2) is 10.9 Å². The summed E-state index contributed by atoms with van der Waals surface area (Å²) >= 11 is 6.50. The maximum atomic E-state index is 12.9. The van der Waals surface area contributed by atoms with E-state index in [0.717, 1.165) is 52.0 Å². The number of hydrogen-bond acceptors (Lipinski definition) is 2. The fraction of sp³-hybridized carbons (Fsp3) is 0.200. The van der Waals surface area contributed by atoms with Gasteiger partial charge < -0.3 is 5.32 Å². The molecule has 2 aromatic carbocycles. The lowest BCUT2D eigenvalue weighted by atomic mass is 10.1. The molecule has 4 rings (SSSR count). The van der Waals surface area contributed by atoms with Crippen molar-refractivity contribution in [1.29, 1.82) is 0 Å². The number of aryl methyl sites for hydroxylation is 1. The molecule has 1 N–H and O–H groups in total. The van der Waals surface area contributed by atoms with Gasteiger partial charge in [0.25, 0.3) is 5.91 Å². The van der Waals surface area contributed by atoms with Gasteiger partial charge in [-0.05, 0) is 54.7 Å². The number of carbonyl (C=O) groups excluding carboxylic acids is 1. The summed E-state index contributed by atoms with van der Waals surface area (Å²) in [5.74, 6) is -0.482. The van der Waals surface area contributed by atoms with Crippen LogP contribution in [0.1, 0.15) is 33.6 Å². The van der Waals surface area contributed by atoms with Gasteiger partial charge in [-0.1, -0.05) is 29.8 Å². The van der Waals surface area contributed by atoms with Crippen molar-refractivity contribution < 1.29 is 9.18 Å². The Morgan fingerprint density at radius 2 is 1.96 bits per heavy atom. The average molecular weight is 355 g/mol. The highest BCUT2D eigenvalue weighted by atomic mass is 35.5. The highest BCUT2D eigenvalue weighted by Gasteiger charge is 2.19. The number of halogens is 2. The largest absolute Gasteiger partial charge is 0.348 e. The van der Waals surface area contributed by atoms with Gasteiger partial charge in [-0.15, -0.1) is 0 Å². The maximum absolute atomic E-state index is 12.9. The number of nitrogens with zero attached hydrogens (tertiary/aromatic N) is 1. The Hall–Kier alpha value is -2.46. The Morgan fingerprint density at radius 1 is 1.16 bits per heavy atom. The van der Waals surface area contributed by atoms with Crippen molar-refractivity contribution >= 4 is 28.4 Å². The van der Waals surface area contributed by atoms with Gasteiger partial charge in [-0.25, -0.2) is 4.39 Å². The number of aromatic nitrogens is 1. The van der Waals surface area contributed by atoms with E-state index in [-0.39, 0.29) is 11.7 Å². The molecule has 1 aromatic heterocycles. The maximum Gasteiger partial charge on any atom is 0.251 e. The van der Waals surface area contributed by atoms with E-state index in [2.05, 4.69) is 10.3 Å². The highest BCUT2D eigenvalue weighted by molar-refractivity contribution is 6.36. The average Bonchev–Trinajstić information content (AvgIpc) is 3.09. The normalized spacial score (nSPS) is 13.0. The second-order valence-corrected chi connectivity index (χ2v) is 6.62. The fourth-order valence-electron chi connectivity index (χ4n) is 3.23. The van der Waals surface area contributed by atoms with Gasteiger partial charge in [-0.3, -0.25) is 9.78 Å². The SMILES string of the molecule is O=C(NCc1ccc(F)cc1)c1ccc2c(Cl)c3c(nc2c1)CCC3. The van der Waals surface area contributed by atoms with E-state index in [1.54, 1.807) is 24.3 Å². The lowest BCUT2D eigenvalue weighted by Gasteiger charge is -2.09. The number of nitrogens with one attached hydrogen (secondary N) is 1. The van der Waals surface area contributed by atoms with Gasteiger partial charge in [0, 0.05) is 23.2 Å². The number of hydrogen-bond donors (Lipinski definition) is 1. The summed E-state index contributed by atoms with van der Waals surface area (Å²) in [6.45, 7) is 0.343. The number of carbonyl (C=O) groups is 1. The standard InChI is InChI=1S/C20H16ClFN2O/c21-19-15-2-1-3-17(15)24-18-10-13(6-9-16(18)19)20(25)23-11-12-4-7-14(22)8-5-12/h4-10H,1-3,11H2,(H,23,25). The van der Waals surface area contributed by atoms with Gasteiger partial charge >= 0.3 is 0 Å². The molecule has 0 atom stereocenters. The molecule has 1 heterocycles. The van der Waals surface area contributed by atoms with Crippen LogP contribution in [-0.2, 0) is 19.4 Å². The topological polar surface area (TPSA) is 42.0 Å². The first-order valence-electron chi connectivity index (χ1n) is 8.25. The minimum atomic E-state index is -0.292. The molecule has 0 spiro atoms. The number of benzene rings is 2. The summed E-state index contributed by atoms with van der Waals surface area (Å²) in [4.78, 5) is 17.1. The molecule has 25 heavy (non-hydrogen) atoms. The van der Waals surface area contributed by atoms with Crippen LogP contribution >= 0.6 is 11.6 Å². The lowest BCUT2D eigenvalue weighted by molar-refractivity contribution is 0.0951. The van der Waals surface area contributed by atoms with Crippen molar-refractivity contribution in [3.05, 3.63) is 75.7 Å². The van der Waals surface area contributed by atoms with Crippen LogP contribution in [0.5, 0.6) is 0 Å². The third-order valence-electron chi connectivity index (χ3n) is 4.57. The van der Waals surface area contributed by atoms with E-state index in [4.69, 9.17) is 11.6 Å². The van der Waals surface area contributed by atoms with Crippen LogP contribution in [0, 0.1) is 5.82 Å². The van der Waals surface area contributed by atoms with Gasteiger partial charge in [0.05, 0.1) is 10.5 Å². The van der Waals surface area contributed by atoms with Crippen molar-refractivity contribution in [2.45, 2.75) is 25.8 Å². The first kappa shape index (κ1) is 16.0. The van der Waals surface area contributed by atoms with Gasteiger partial charge in [0.1, 0.15) is 5.82 Å². The quantitative estimate of drug-likeness (QED) is 0.755. The molecule has 0 saturated heterocycles. The molecule has 0 saturated carbocycles. The third kappa shape index (κ3) is 3.10. The molecule has 1 aliphatic rings. The Kier molecular flexibility index (Phi) is 4.14. The zero-order valence-electron chi connectivity index (χ0n) is 13.5. The molecule has 0 radical (unpaired) electrons. The van der Waals surface area contributed by atoms with Crippen molar-refractivity contribution in [3.8, 4) is 0 Å². The van der Waals surface area contributed by atoms with Gasteiger partial charge in [0.2, 0.25) is 0 Å². The molecule has 3 aromatic rings. The Labute approximate surface area is 149 Å².